The first-order chi connectivity index (χ1) is 15.8. The second-order valence-corrected chi connectivity index (χ2v) is 10.2. The van der Waals surface area contributed by atoms with E-state index in [0.717, 1.165) is 31.2 Å². The number of benzene rings is 2. The molecule has 0 aliphatic carbocycles. The Kier molecular flexibility index (Phi) is 8.45. The minimum Gasteiger partial charge on any atom is -0.495 e. The number of halogens is 1. The summed E-state index contributed by atoms with van der Waals surface area (Å²) in [4.78, 5) is 12.8. The number of carbonyl (C=O) groups excluding carboxylic acids is 1. The molecule has 1 aliphatic heterocycles. The van der Waals surface area contributed by atoms with Crippen LogP contribution in [0, 0.1) is 6.92 Å². The van der Waals surface area contributed by atoms with Crippen LogP contribution in [0.5, 0.6) is 11.5 Å². The van der Waals surface area contributed by atoms with E-state index < -0.39 is 10.0 Å². The van der Waals surface area contributed by atoms with Gasteiger partial charge in [0.05, 0.1) is 37.0 Å². The molecule has 8 nitrogen and oxygen atoms in total. The molecule has 3 rings (SSSR count). The molecule has 2 aromatic rings. The Bertz CT molecular complexity index is 1100. The summed E-state index contributed by atoms with van der Waals surface area (Å²) in [5, 5.41) is 6.31. The largest absolute Gasteiger partial charge is 0.495 e. The lowest BCUT2D eigenvalue weighted by molar-refractivity contribution is -0.114. The monoisotopic (exact) mass is 495 g/mol. The number of aryl methyl sites for hydroxylation is 1. The van der Waals surface area contributed by atoms with Gasteiger partial charge in [-0.2, -0.15) is 4.31 Å². The van der Waals surface area contributed by atoms with Gasteiger partial charge in [-0.15, -0.1) is 0 Å². The van der Waals surface area contributed by atoms with Crippen molar-refractivity contribution in [1.29, 1.82) is 0 Å². The standard InChI is InChI=1S/C23H30ClN3O5S/c1-16-12-20(22(32-3)14-18(16)24)26-23(28)15-25-19-13-17(8-9-21(19)31-2)33(29,30)27-10-6-4-5-7-11-27/h8-9,12-14,25H,4-7,10-11,15H2,1-3H3,(H,26,28). The lowest BCUT2D eigenvalue weighted by atomic mass is 10.2. The van der Waals surface area contributed by atoms with E-state index >= 15 is 0 Å². The van der Waals surface area contributed by atoms with Crippen molar-refractivity contribution in [3.63, 3.8) is 0 Å². The Morgan fingerprint density at radius 2 is 1.67 bits per heavy atom. The first kappa shape index (κ1) is 25.1. The fraction of sp³-hybridized carbons (Fsp3) is 0.435. The minimum atomic E-state index is -3.63. The molecule has 2 N–H and O–H groups in total. The molecule has 1 amide bonds. The fourth-order valence-corrected chi connectivity index (χ4v) is 5.41. The van der Waals surface area contributed by atoms with E-state index in [1.807, 2.05) is 6.92 Å². The molecule has 2 aromatic carbocycles. The normalized spacial score (nSPS) is 14.9. The molecule has 0 saturated carbocycles. The van der Waals surface area contributed by atoms with Crippen molar-refractivity contribution in [2.45, 2.75) is 37.5 Å². The maximum atomic E-state index is 13.2. The molecule has 180 valence electrons. The fourth-order valence-electron chi connectivity index (χ4n) is 3.72. The van der Waals surface area contributed by atoms with Gasteiger partial charge in [0.25, 0.3) is 0 Å². The SMILES string of the molecule is COc1ccc(S(=O)(=O)N2CCCCCC2)cc1NCC(=O)Nc1cc(C)c(Cl)cc1OC. The van der Waals surface area contributed by atoms with Crippen molar-refractivity contribution in [2.75, 3.05) is 44.5 Å². The van der Waals surface area contributed by atoms with Gasteiger partial charge in [0.15, 0.2) is 0 Å². The Morgan fingerprint density at radius 1 is 1.00 bits per heavy atom. The number of methoxy groups -OCH3 is 2. The van der Waals surface area contributed by atoms with Crippen LogP contribution in [0.3, 0.4) is 0 Å². The number of sulfonamides is 1. The summed E-state index contributed by atoms with van der Waals surface area (Å²) < 4.78 is 38.5. The third-order valence-corrected chi connectivity index (χ3v) is 7.87. The molecular formula is C23H30ClN3O5S. The van der Waals surface area contributed by atoms with Gasteiger partial charge in [-0.1, -0.05) is 24.4 Å². The first-order valence-corrected chi connectivity index (χ1v) is 12.6. The predicted octanol–water partition coefficient (Wildman–Crippen LogP) is 4.28. The highest BCUT2D eigenvalue weighted by Crippen LogP contribution is 2.32. The quantitative estimate of drug-likeness (QED) is 0.567. The lowest BCUT2D eigenvalue weighted by Gasteiger charge is -2.21. The molecule has 0 radical (unpaired) electrons. The van der Waals surface area contributed by atoms with Crippen LogP contribution in [0.25, 0.3) is 0 Å². The maximum Gasteiger partial charge on any atom is 0.243 e. The molecule has 0 aromatic heterocycles. The number of nitrogens with one attached hydrogen (secondary N) is 2. The molecule has 1 aliphatic rings. The van der Waals surface area contributed by atoms with Crippen LogP contribution < -0.4 is 20.1 Å². The summed E-state index contributed by atoms with van der Waals surface area (Å²) in [6, 6.07) is 8.01. The van der Waals surface area contributed by atoms with Gasteiger partial charge >= 0.3 is 0 Å². The van der Waals surface area contributed by atoms with Gasteiger partial charge in [-0.3, -0.25) is 4.79 Å². The Balaban J connectivity index is 1.75. The zero-order valence-corrected chi connectivity index (χ0v) is 20.7. The maximum absolute atomic E-state index is 13.2. The van der Waals surface area contributed by atoms with Crippen molar-refractivity contribution < 1.29 is 22.7 Å². The number of anilines is 2. The van der Waals surface area contributed by atoms with Crippen molar-refractivity contribution >= 4 is 38.9 Å². The minimum absolute atomic E-state index is 0.103. The Hall–Kier alpha value is -2.49. The summed E-state index contributed by atoms with van der Waals surface area (Å²) in [5.74, 6) is 0.553. The molecule has 0 bridgehead atoms. The highest BCUT2D eigenvalue weighted by molar-refractivity contribution is 7.89. The van der Waals surface area contributed by atoms with Gasteiger partial charge in [-0.25, -0.2) is 8.42 Å². The topological polar surface area (TPSA) is 97.0 Å². The van der Waals surface area contributed by atoms with Crippen LogP contribution in [0.2, 0.25) is 5.02 Å². The summed E-state index contributed by atoms with van der Waals surface area (Å²) in [7, 11) is -0.643. The van der Waals surface area contributed by atoms with Crippen molar-refractivity contribution in [1.82, 2.24) is 4.31 Å². The van der Waals surface area contributed by atoms with Crippen molar-refractivity contribution in [3.05, 3.63) is 40.9 Å². The number of amides is 1. The Labute approximate surface area is 200 Å². The molecular weight excluding hydrogens is 466 g/mol. The van der Waals surface area contributed by atoms with E-state index in [4.69, 9.17) is 21.1 Å². The molecule has 1 saturated heterocycles. The number of rotatable bonds is 8. The smallest absolute Gasteiger partial charge is 0.243 e. The number of nitrogens with zero attached hydrogens (tertiary/aromatic N) is 1. The molecule has 0 atom stereocenters. The van der Waals surface area contributed by atoms with E-state index in [1.54, 1.807) is 18.2 Å². The first-order valence-electron chi connectivity index (χ1n) is 10.8. The zero-order chi connectivity index (χ0) is 24.0. The van der Waals surface area contributed by atoms with E-state index in [9.17, 15) is 13.2 Å². The van der Waals surface area contributed by atoms with Gasteiger partial charge in [0, 0.05) is 24.2 Å². The highest BCUT2D eigenvalue weighted by atomic mass is 35.5. The van der Waals surface area contributed by atoms with E-state index in [2.05, 4.69) is 10.6 Å². The molecule has 1 fully saturated rings. The third kappa shape index (κ3) is 6.10. The summed E-state index contributed by atoms with van der Waals surface area (Å²) in [6.45, 7) is 2.76. The van der Waals surface area contributed by atoms with Gasteiger partial charge in [0.2, 0.25) is 15.9 Å². The van der Waals surface area contributed by atoms with Gasteiger partial charge in [0.1, 0.15) is 11.5 Å². The number of hydrogen-bond acceptors (Lipinski definition) is 6. The van der Waals surface area contributed by atoms with E-state index in [-0.39, 0.29) is 17.3 Å². The van der Waals surface area contributed by atoms with E-state index in [0.29, 0.717) is 41.0 Å². The van der Waals surface area contributed by atoms with Gasteiger partial charge < -0.3 is 20.1 Å². The number of carbonyl (C=O) groups is 1. The van der Waals surface area contributed by atoms with Crippen LogP contribution in [0.15, 0.2) is 35.2 Å². The molecule has 10 heteroatoms. The average Bonchev–Trinajstić information content (AvgIpc) is 3.10. The van der Waals surface area contributed by atoms with Crippen molar-refractivity contribution in [2.24, 2.45) is 0 Å². The molecule has 1 heterocycles. The lowest BCUT2D eigenvalue weighted by Crippen LogP contribution is -2.32. The summed E-state index contributed by atoms with van der Waals surface area (Å²) >= 11 is 6.12. The van der Waals surface area contributed by atoms with Gasteiger partial charge in [-0.05, 0) is 49.6 Å². The summed E-state index contributed by atoms with van der Waals surface area (Å²) in [5.41, 5.74) is 1.72. The van der Waals surface area contributed by atoms with Crippen molar-refractivity contribution in [3.8, 4) is 11.5 Å². The second kappa shape index (κ2) is 11.1. The number of hydrogen-bond donors (Lipinski definition) is 2. The average molecular weight is 496 g/mol. The van der Waals surface area contributed by atoms with Crippen LogP contribution in [0.4, 0.5) is 11.4 Å². The number of ether oxygens (including phenoxy) is 2. The molecule has 0 spiro atoms. The molecule has 33 heavy (non-hydrogen) atoms. The Morgan fingerprint density at radius 3 is 2.30 bits per heavy atom. The molecule has 0 unspecified atom stereocenters. The van der Waals surface area contributed by atoms with Crippen LogP contribution in [-0.2, 0) is 14.8 Å². The van der Waals surface area contributed by atoms with Crippen LogP contribution in [0.1, 0.15) is 31.2 Å². The van der Waals surface area contributed by atoms with Crippen LogP contribution >= 0.6 is 11.6 Å². The van der Waals surface area contributed by atoms with Crippen LogP contribution in [-0.4, -0.2) is 52.5 Å². The second-order valence-electron chi connectivity index (χ2n) is 7.88. The zero-order valence-electron chi connectivity index (χ0n) is 19.1. The summed E-state index contributed by atoms with van der Waals surface area (Å²) in [6.07, 6.45) is 3.78. The highest BCUT2D eigenvalue weighted by Gasteiger charge is 2.26. The van der Waals surface area contributed by atoms with E-state index in [1.165, 1.54) is 30.7 Å². The third-order valence-electron chi connectivity index (χ3n) is 5.57. The predicted molar refractivity (Wildman–Crippen MR) is 130 cm³/mol.